The highest BCUT2D eigenvalue weighted by Gasteiger charge is 2.38. The van der Waals surface area contributed by atoms with Crippen molar-refractivity contribution >= 4 is 33.1 Å². The van der Waals surface area contributed by atoms with Gasteiger partial charge < -0.3 is 25.2 Å². The topological polar surface area (TPSA) is 119 Å². The number of rotatable bonds is 6. The van der Waals surface area contributed by atoms with Crippen molar-refractivity contribution in [1.29, 1.82) is 0 Å². The van der Waals surface area contributed by atoms with Crippen LogP contribution in [0, 0.1) is 0 Å². The predicted molar refractivity (Wildman–Crippen MR) is 155 cm³/mol. The van der Waals surface area contributed by atoms with Crippen LogP contribution in [-0.4, -0.2) is 60.0 Å². The number of carbonyl (C=O) groups excluding carboxylic acids is 1. The summed E-state index contributed by atoms with van der Waals surface area (Å²) in [4.78, 5) is 13.9. The van der Waals surface area contributed by atoms with Gasteiger partial charge in [0.25, 0.3) is 10.0 Å². The summed E-state index contributed by atoms with van der Waals surface area (Å²) in [5.41, 5.74) is -3.17. The average Bonchev–Trinajstić information content (AvgIpc) is 3.49. The SMILES string of the molecule is O=C(Nc1cc(C(F)(F)F)cc(C(F)(F)F)c1)N1CCN(S(=O)(=O)c2sccc2-c2ccccc2Oc2ccc(O)c(O)c2)CC1. The third kappa shape index (κ3) is 7.00. The second-order valence-corrected chi connectivity index (χ2v) is 13.0. The van der Waals surface area contributed by atoms with Crippen molar-refractivity contribution in [3.63, 3.8) is 0 Å². The minimum Gasteiger partial charge on any atom is -0.504 e. The van der Waals surface area contributed by atoms with Crippen molar-refractivity contribution in [3.05, 3.63) is 83.2 Å². The Morgan fingerprint density at radius 3 is 2.04 bits per heavy atom. The van der Waals surface area contributed by atoms with Gasteiger partial charge in [-0.05, 0) is 47.8 Å². The first-order valence-corrected chi connectivity index (χ1v) is 15.6. The zero-order chi connectivity index (χ0) is 33.4. The first-order chi connectivity index (χ1) is 21.5. The lowest BCUT2D eigenvalue weighted by molar-refractivity contribution is -0.143. The molecule has 0 bridgehead atoms. The molecule has 1 aromatic heterocycles. The summed E-state index contributed by atoms with van der Waals surface area (Å²) in [6.45, 7) is -0.787. The van der Waals surface area contributed by atoms with Crippen molar-refractivity contribution in [2.24, 2.45) is 0 Å². The lowest BCUT2D eigenvalue weighted by atomic mass is 10.1. The number of amides is 2. The zero-order valence-corrected chi connectivity index (χ0v) is 24.9. The molecule has 46 heavy (non-hydrogen) atoms. The van der Waals surface area contributed by atoms with Crippen molar-refractivity contribution < 1.29 is 54.5 Å². The molecule has 2 amide bonds. The summed E-state index contributed by atoms with van der Waals surface area (Å²) in [7, 11) is -4.14. The Labute approximate surface area is 261 Å². The first kappa shape index (κ1) is 32.9. The van der Waals surface area contributed by atoms with Gasteiger partial charge in [-0.2, -0.15) is 30.6 Å². The van der Waals surface area contributed by atoms with E-state index in [1.807, 2.05) is 0 Å². The number of thiophene rings is 1. The number of urea groups is 1. The van der Waals surface area contributed by atoms with E-state index in [2.05, 4.69) is 5.32 Å². The lowest BCUT2D eigenvalue weighted by Crippen LogP contribution is -2.51. The van der Waals surface area contributed by atoms with Crippen molar-refractivity contribution in [2.45, 2.75) is 16.6 Å². The van der Waals surface area contributed by atoms with E-state index in [-0.39, 0.29) is 53.7 Å². The Hall–Kier alpha value is -4.48. The molecule has 0 atom stereocenters. The van der Waals surface area contributed by atoms with E-state index in [1.165, 1.54) is 18.2 Å². The number of alkyl halides is 6. The number of hydrogen-bond acceptors (Lipinski definition) is 7. The van der Waals surface area contributed by atoms with Gasteiger partial charge in [0.05, 0.1) is 11.1 Å². The normalized spacial score (nSPS) is 14.7. The maximum atomic E-state index is 13.7. The number of benzene rings is 3. The van der Waals surface area contributed by atoms with Crippen LogP contribution in [0.1, 0.15) is 11.1 Å². The number of phenolic OH excluding ortho intramolecular Hbond substituents is 2. The number of carbonyl (C=O) groups is 1. The van der Waals surface area contributed by atoms with Crippen LogP contribution in [0.4, 0.5) is 36.8 Å². The van der Waals surface area contributed by atoms with Gasteiger partial charge in [-0.15, -0.1) is 11.3 Å². The highest BCUT2D eigenvalue weighted by atomic mass is 32.2. The second kappa shape index (κ2) is 12.4. The summed E-state index contributed by atoms with van der Waals surface area (Å²) in [5, 5.41) is 23.0. The summed E-state index contributed by atoms with van der Waals surface area (Å²) in [5.74, 6) is -0.332. The van der Waals surface area contributed by atoms with Crippen molar-refractivity contribution in [2.75, 3.05) is 31.5 Å². The number of nitrogens with zero attached hydrogens (tertiary/aromatic N) is 2. The number of nitrogens with one attached hydrogen (secondary N) is 1. The van der Waals surface area contributed by atoms with Crippen LogP contribution in [0.2, 0.25) is 0 Å². The standard InChI is InChI=1S/C29H23F6N3O6S2/c30-28(31,32)17-13-18(29(33,34)35)15-19(14-17)36-27(41)37-8-10-38(11-9-37)46(42,43)26-22(7-12-45-26)21-3-1-2-4-25(21)44-20-5-6-23(39)24(40)16-20/h1-7,12-16,39-40H,8-11H2,(H,36,41). The molecule has 5 rings (SSSR count). The number of piperazine rings is 1. The van der Waals surface area contributed by atoms with Gasteiger partial charge in [-0.25, -0.2) is 13.2 Å². The number of ether oxygens (including phenoxy) is 1. The molecule has 0 unspecified atom stereocenters. The third-order valence-electron chi connectivity index (χ3n) is 6.92. The molecule has 9 nitrogen and oxygen atoms in total. The fourth-order valence-corrected chi connectivity index (χ4v) is 7.58. The summed E-state index contributed by atoms with van der Waals surface area (Å²) in [6, 6.07) is 11.7. The highest BCUT2D eigenvalue weighted by Crippen LogP contribution is 2.42. The van der Waals surface area contributed by atoms with E-state index >= 15 is 0 Å². The summed E-state index contributed by atoms with van der Waals surface area (Å²) >= 11 is 0.945. The number of sulfonamides is 1. The zero-order valence-electron chi connectivity index (χ0n) is 23.3. The largest absolute Gasteiger partial charge is 0.504 e. The van der Waals surface area contributed by atoms with Gasteiger partial charge in [0.15, 0.2) is 11.5 Å². The third-order valence-corrected chi connectivity index (χ3v) is 10.3. The maximum Gasteiger partial charge on any atom is 0.416 e. The van der Waals surface area contributed by atoms with E-state index in [4.69, 9.17) is 4.74 Å². The molecule has 17 heteroatoms. The number of phenols is 2. The molecular formula is C29H23F6N3O6S2. The summed E-state index contributed by atoms with van der Waals surface area (Å²) < 4.78 is 114. The molecule has 0 spiro atoms. The van der Waals surface area contributed by atoms with Gasteiger partial charge >= 0.3 is 18.4 Å². The Morgan fingerprint density at radius 2 is 1.43 bits per heavy atom. The van der Waals surface area contributed by atoms with Crippen LogP contribution in [0.5, 0.6) is 23.0 Å². The number of hydrogen-bond donors (Lipinski definition) is 3. The fourth-order valence-electron chi connectivity index (χ4n) is 4.65. The molecule has 0 radical (unpaired) electrons. The molecule has 1 saturated heterocycles. The molecule has 3 aromatic carbocycles. The molecule has 244 valence electrons. The Morgan fingerprint density at radius 1 is 0.804 bits per heavy atom. The molecule has 0 aliphatic carbocycles. The van der Waals surface area contributed by atoms with Gasteiger partial charge in [-0.3, -0.25) is 0 Å². The monoisotopic (exact) mass is 687 g/mol. The molecule has 1 fully saturated rings. The predicted octanol–water partition coefficient (Wildman–Crippen LogP) is 7.19. The summed E-state index contributed by atoms with van der Waals surface area (Å²) in [6.07, 6.45) is -10.2. The van der Waals surface area contributed by atoms with E-state index < -0.39 is 51.0 Å². The first-order valence-electron chi connectivity index (χ1n) is 13.3. The van der Waals surface area contributed by atoms with Crippen LogP contribution in [0.3, 0.4) is 0 Å². The number of anilines is 1. The molecule has 1 aliphatic heterocycles. The fraction of sp³-hybridized carbons (Fsp3) is 0.207. The molecular weight excluding hydrogens is 664 g/mol. The van der Waals surface area contributed by atoms with Crippen LogP contribution < -0.4 is 10.1 Å². The number of para-hydroxylation sites is 1. The highest BCUT2D eigenvalue weighted by molar-refractivity contribution is 7.91. The van der Waals surface area contributed by atoms with Gasteiger partial charge in [0.2, 0.25) is 0 Å². The smallest absolute Gasteiger partial charge is 0.416 e. The van der Waals surface area contributed by atoms with E-state index in [9.17, 15) is 49.8 Å². The molecule has 2 heterocycles. The van der Waals surface area contributed by atoms with E-state index in [0.29, 0.717) is 23.3 Å². The molecule has 1 aliphatic rings. The Balaban J connectivity index is 1.31. The second-order valence-electron chi connectivity index (χ2n) is 9.99. The lowest BCUT2D eigenvalue weighted by Gasteiger charge is -2.34. The Kier molecular flexibility index (Phi) is 8.85. The maximum absolute atomic E-state index is 13.7. The van der Waals surface area contributed by atoms with Gasteiger partial charge in [-0.1, -0.05) is 18.2 Å². The minimum atomic E-state index is -5.09. The van der Waals surface area contributed by atoms with E-state index in [1.54, 1.807) is 35.7 Å². The van der Waals surface area contributed by atoms with Crippen LogP contribution >= 0.6 is 11.3 Å². The van der Waals surface area contributed by atoms with Crippen molar-refractivity contribution in [1.82, 2.24) is 9.21 Å². The van der Waals surface area contributed by atoms with Gasteiger partial charge in [0.1, 0.15) is 15.7 Å². The molecule has 0 saturated carbocycles. The molecule has 3 N–H and O–H groups in total. The van der Waals surface area contributed by atoms with Crippen LogP contribution in [0.15, 0.2) is 76.3 Å². The quantitative estimate of drug-likeness (QED) is 0.146. The van der Waals surface area contributed by atoms with Crippen molar-refractivity contribution in [3.8, 4) is 34.1 Å². The number of aromatic hydroxyl groups is 2. The van der Waals surface area contributed by atoms with Crippen LogP contribution in [-0.2, 0) is 22.4 Å². The minimum absolute atomic E-state index is 0.0290. The average molecular weight is 688 g/mol. The van der Waals surface area contributed by atoms with Crippen LogP contribution in [0.25, 0.3) is 11.1 Å². The Bertz CT molecular complexity index is 1840. The van der Waals surface area contributed by atoms with Gasteiger partial charge in [0, 0.05) is 49.1 Å². The molecule has 4 aromatic rings. The number of halogens is 6. The van der Waals surface area contributed by atoms with E-state index in [0.717, 1.165) is 20.5 Å².